The molecular formula is C22H36ClNO3Si. The lowest BCUT2D eigenvalue weighted by Gasteiger charge is -2.34. The van der Waals surface area contributed by atoms with Gasteiger partial charge in [-0.1, -0.05) is 38.4 Å². The molecule has 1 amide bonds. The lowest BCUT2D eigenvalue weighted by Crippen LogP contribution is -2.37. The van der Waals surface area contributed by atoms with E-state index in [1.165, 1.54) is 0 Å². The summed E-state index contributed by atoms with van der Waals surface area (Å²) in [5.41, 5.74) is 1.50. The highest BCUT2D eigenvalue weighted by molar-refractivity contribution is 6.48. The van der Waals surface area contributed by atoms with E-state index in [1.54, 1.807) is 0 Å². The number of rotatable bonds is 6. The molecule has 158 valence electrons. The van der Waals surface area contributed by atoms with Gasteiger partial charge in [0.25, 0.3) is 0 Å². The summed E-state index contributed by atoms with van der Waals surface area (Å²) in [6.07, 6.45) is 1.76. The molecule has 6 heteroatoms. The number of nitrogens with zero attached hydrogens (tertiary/aromatic N) is 1. The SMILES string of the molecule is C[SiH](C)OC(c1cc(CN(C(=O)OC(C)(C)C)C2CC2)ccc1Cl)C(C)(C)C. The Bertz CT molecular complexity index is 690. The van der Waals surface area contributed by atoms with E-state index in [4.69, 9.17) is 20.8 Å². The van der Waals surface area contributed by atoms with Gasteiger partial charge in [0.2, 0.25) is 0 Å². The van der Waals surface area contributed by atoms with Crippen LogP contribution in [-0.4, -0.2) is 31.7 Å². The predicted octanol–water partition coefficient (Wildman–Crippen LogP) is 6.33. The molecule has 1 fully saturated rings. The molecule has 0 spiro atoms. The van der Waals surface area contributed by atoms with Crippen molar-refractivity contribution < 1.29 is 14.0 Å². The minimum absolute atomic E-state index is 0.0671. The molecule has 0 N–H and O–H groups in total. The minimum atomic E-state index is -1.25. The van der Waals surface area contributed by atoms with Gasteiger partial charge < -0.3 is 14.1 Å². The standard InChI is InChI=1S/C22H36ClNO3Si/c1-21(2,3)19(27-28(7)8)17-13-15(9-12-18(17)23)14-24(16-10-11-16)20(25)26-22(4,5)6/h9,12-13,16,19,28H,10-11,14H2,1-8H3. The molecule has 0 bridgehead atoms. The quantitative estimate of drug-likeness (QED) is 0.500. The van der Waals surface area contributed by atoms with E-state index in [0.717, 1.165) is 24.0 Å². The second-order valence-corrected chi connectivity index (χ2v) is 12.9. The lowest BCUT2D eigenvalue weighted by atomic mass is 9.84. The Labute approximate surface area is 177 Å². The van der Waals surface area contributed by atoms with Gasteiger partial charge in [-0.15, -0.1) is 0 Å². The van der Waals surface area contributed by atoms with Crippen molar-refractivity contribution in [2.45, 2.75) is 91.8 Å². The Kier molecular flexibility index (Phi) is 7.27. The number of carbonyl (C=O) groups is 1. The molecule has 0 aliphatic heterocycles. The maximum absolute atomic E-state index is 12.7. The fourth-order valence-corrected chi connectivity index (χ4v) is 4.47. The maximum Gasteiger partial charge on any atom is 0.410 e. The Balaban J connectivity index is 2.28. The summed E-state index contributed by atoms with van der Waals surface area (Å²) in [4.78, 5) is 14.5. The van der Waals surface area contributed by atoms with E-state index >= 15 is 0 Å². The Morgan fingerprint density at radius 1 is 1.21 bits per heavy atom. The maximum atomic E-state index is 12.7. The second kappa shape index (κ2) is 8.76. The molecule has 1 saturated carbocycles. The molecule has 1 aliphatic carbocycles. The molecule has 28 heavy (non-hydrogen) atoms. The van der Waals surface area contributed by atoms with Crippen molar-refractivity contribution in [3.05, 3.63) is 34.3 Å². The van der Waals surface area contributed by atoms with Crippen LogP contribution in [0.15, 0.2) is 18.2 Å². The Hall–Kier alpha value is -1.04. The van der Waals surface area contributed by atoms with Crippen LogP contribution in [0, 0.1) is 5.41 Å². The first kappa shape index (κ1) is 23.2. The van der Waals surface area contributed by atoms with Crippen molar-refractivity contribution in [3.8, 4) is 0 Å². The van der Waals surface area contributed by atoms with Gasteiger partial charge in [-0.2, -0.15) is 0 Å². The van der Waals surface area contributed by atoms with E-state index in [1.807, 2.05) is 37.8 Å². The van der Waals surface area contributed by atoms with Crippen LogP contribution < -0.4 is 0 Å². The largest absolute Gasteiger partial charge is 0.444 e. The van der Waals surface area contributed by atoms with Crippen LogP contribution in [0.3, 0.4) is 0 Å². The summed E-state index contributed by atoms with van der Waals surface area (Å²) in [6.45, 7) is 17.1. The third-order valence-electron chi connectivity index (χ3n) is 4.51. The molecule has 1 aromatic rings. The number of carbonyl (C=O) groups excluding carboxylic acids is 1. The third kappa shape index (κ3) is 6.78. The first-order valence-corrected chi connectivity index (χ1v) is 13.4. The zero-order chi connectivity index (χ0) is 21.3. The van der Waals surface area contributed by atoms with Gasteiger partial charge in [0.1, 0.15) is 5.60 Å². The Morgan fingerprint density at radius 3 is 2.29 bits per heavy atom. The van der Waals surface area contributed by atoms with Crippen LogP contribution in [0.4, 0.5) is 4.79 Å². The van der Waals surface area contributed by atoms with Gasteiger partial charge in [0.05, 0.1) is 6.10 Å². The molecule has 2 rings (SSSR count). The fraction of sp³-hybridized carbons (Fsp3) is 0.682. The minimum Gasteiger partial charge on any atom is -0.444 e. The monoisotopic (exact) mass is 425 g/mol. The molecule has 0 saturated heterocycles. The zero-order valence-corrected chi connectivity index (χ0v) is 20.5. The highest BCUT2D eigenvalue weighted by Gasteiger charge is 2.36. The first-order chi connectivity index (χ1) is 12.8. The van der Waals surface area contributed by atoms with Gasteiger partial charge in [-0.05, 0) is 75.4 Å². The molecule has 0 aromatic heterocycles. The molecule has 1 atom stereocenters. The molecule has 1 unspecified atom stereocenters. The zero-order valence-electron chi connectivity index (χ0n) is 18.6. The topological polar surface area (TPSA) is 38.8 Å². The van der Waals surface area contributed by atoms with Crippen molar-refractivity contribution >= 4 is 26.7 Å². The van der Waals surface area contributed by atoms with Crippen LogP contribution in [-0.2, 0) is 15.7 Å². The smallest absolute Gasteiger partial charge is 0.410 e. The third-order valence-corrected chi connectivity index (χ3v) is 5.67. The van der Waals surface area contributed by atoms with Crippen molar-refractivity contribution in [1.82, 2.24) is 4.90 Å². The average molecular weight is 426 g/mol. The van der Waals surface area contributed by atoms with Crippen molar-refractivity contribution in [2.75, 3.05) is 0 Å². The normalized spacial score (nSPS) is 16.2. The number of amides is 1. The highest BCUT2D eigenvalue weighted by Crippen LogP contribution is 2.40. The summed E-state index contributed by atoms with van der Waals surface area (Å²) in [5, 5.41) is 0.716. The highest BCUT2D eigenvalue weighted by atomic mass is 35.5. The summed E-state index contributed by atoms with van der Waals surface area (Å²) in [5.74, 6) is 0. The van der Waals surface area contributed by atoms with Crippen molar-refractivity contribution in [3.63, 3.8) is 0 Å². The van der Waals surface area contributed by atoms with Gasteiger partial charge in [-0.3, -0.25) is 0 Å². The molecule has 1 aliphatic rings. The van der Waals surface area contributed by atoms with Crippen LogP contribution >= 0.6 is 11.6 Å². The molecule has 0 heterocycles. The van der Waals surface area contributed by atoms with E-state index in [-0.39, 0.29) is 23.7 Å². The summed E-state index contributed by atoms with van der Waals surface area (Å²) in [6, 6.07) is 6.30. The van der Waals surface area contributed by atoms with Gasteiger partial charge >= 0.3 is 6.09 Å². The van der Waals surface area contributed by atoms with Crippen molar-refractivity contribution in [2.24, 2.45) is 5.41 Å². The van der Waals surface area contributed by atoms with Gasteiger partial charge in [0.15, 0.2) is 9.04 Å². The first-order valence-electron chi connectivity index (χ1n) is 10.2. The van der Waals surface area contributed by atoms with Gasteiger partial charge in [0, 0.05) is 17.6 Å². The number of benzene rings is 1. The van der Waals surface area contributed by atoms with Crippen LogP contribution in [0.1, 0.15) is 71.6 Å². The molecular weight excluding hydrogens is 390 g/mol. The lowest BCUT2D eigenvalue weighted by molar-refractivity contribution is 0.0216. The van der Waals surface area contributed by atoms with Gasteiger partial charge in [-0.25, -0.2) is 4.79 Å². The number of hydrogen-bond donors (Lipinski definition) is 0. The molecule has 4 nitrogen and oxygen atoms in total. The summed E-state index contributed by atoms with van der Waals surface area (Å²) < 4.78 is 12.0. The number of ether oxygens (including phenoxy) is 1. The van der Waals surface area contributed by atoms with Crippen LogP contribution in [0.5, 0.6) is 0 Å². The van der Waals surface area contributed by atoms with E-state index in [0.29, 0.717) is 11.6 Å². The fourth-order valence-electron chi connectivity index (χ4n) is 3.15. The predicted molar refractivity (Wildman–Crippen MR) is 118 cm³/mol. The van der Waals surface area contributed by atoms with Crippen LogP contribution in [0.2, 0.25) is 18.1 Å². The average Bonchev–Trinajstić information content (AvgIpc) is 3.33. The summed E-state index contributed by atoms with van der Waals surface area (Å²) >= 11 is 6.57. The van der Waals surface area contributed by atoms with E-state index in [9.17, 15) is 4.79 Å². The Morgan fingerprint density at radius 2 is 1.82 bits per heavy atom. The number of hydrogen-bond acceptors (Lipinski definition) is 3. The van der Waals surface area contributed by atoms with E-state index in [2.05, 4.69) is 39.9 Å². The summed E-state index contributed by atoms with van der Waals surface area (Å²) in [7, 11) is -1.25. The molecule has 0 radical (unpaired) electrons. The van der Waals surface area contributed by atoms with Crippen LogP contribution in [0.25, 0.3) is 0 Å². The molecule has 1 aromatic carbocycles. The van der Waals surface area contributed by atoms with Crippen molar-refractivity contribution in [1.29, 1.82) is 0 Å². The second-order valence-electron chi connectivity index (χ2n) is 10.1. The number of halogens is 1. The van der Waals surface area contributed by atoms with E-state index < -0.39 is 14.6 Å².